The molecule has 4 rings (SSSR count). The maximum atomic E-state index is 9.28. The highest BCUT2D eigenvalue weighted by atomic mass is 16.3. The molecule has 4 fully saturated rings. The maximum absolute atomic E-state index is 9.28. The first-order chi connectivity index (χ1) is 7.15. The summed E-state index contributed by atoms with van der Waals surface area (Å²) in [7, 11) is 0. The summed E-state index contributed by atoms with van der Waals surface area (Å²) in [5, 5.41) is 9.28. The van der Waals surface area contributed by atoms with Crippen LogP contribution in [-0.2, 0) is 0 Å². The molecule has 3 nitrogen and oxygen atoms in total. The topological polar surface area (TPSA) is 44.3 Å². The van der Waals surface area contributed by atoms with Gasteiger partial charge in [0.2, 0.25) is 0 Å². The lowest BCUT2D eigenvalue weighted by Crippen LogP contribution is -2.63. The highest BCUT2D eigenvalue weighted by Gasteiger charge is 2.50. The van der Waals surface area contributed by atoms with Crippen molar-refractivity contribution in [3.63, 3.8) is 0 Å². The minimum atomic E-state index is -0.446. The van der Waals surface area contributed by atoms with Gasteiger partial charge in [0.15, 0.2) is 0 Å². The molecule has 0 saturated heterocycles. The third-order valence-corrected chi connectivity index (χ3v) is 4.58. The largest absolute Gasteiger partial charge is 0.378 e. The molecule has 0 heterocycles. The van der Waals surface area contributed by atoms with Gasteiger partial charge in [-0.2, -0.15) is 0 Å². The van der Waals surface area contributed by atoms with Crippen LogP contribution in [0, 0.1) is 17.8 Å². The smallest absolute Gasteiger partial charge is 0.114 e. The Morgan fingerprint density at radius 1 is 1.07 bits per heavy atom. The molecule has 4 aliphatic carbocycles. The van der Waals surface area contributed by atoms with Crippen molar-refractivity contribution in [3.05, 3.63) is 0 Å². The molecule has 15 heavy (non-hydrogen) atoms. The maximum Gasteiger partial charge on any atom is 0.114 e. The van der Waals surface area contributed by atoms with Crippen molar-refractivity contribution in [2.45, 2.75) is 57.2 Å². The predicted octanol–water partition coefficient (Wildman–Crippen LogP) is 1.39. The zero-order valence-electron chi connectivity index (χ0n) is 9.50. The van der Waals surface area contributed by atoms with E-state index in [1.807, 2.05) is 0 Å². The first-order valence-electron chi connectivity index (χ1n) is 6.36. The van der Waals surface area contributed by atoms with E-state index in [0.29, 0.717) is 5.54 Å². The van der Waals surface area contributed by atoms with Crippen molar-refractivity contribution in [1.29, 1.82) is 0 Å². The summed E-state index contributed by atoms with van der Waals surface area (Å²) < 4.78 is 0. The van der Waals surface area contributed by atoms with E-state index in [0.717, 1.165) is 17.8 Å². The molecule has 0 aliphatic heterocycles. The number of hydrazine groups is 1. The van der Waals surface area contributed by atoms with E-state index in [4.69, 9.17) is 0 Å². The lowest BCUT2D eigenvalue weighted by Gasteiger charge is -2.57. The van der Waals surface area contributed by atoms with Gasteiger partial charge in [-0.1, -0.05) is 0 Å². The molecule has 1 atom stereocenters. The van der Waals surface area contributed by atoms with Gasteiger partial charge < -0.3 is 5.11 Å². The van der Waals surface area contributed by atoms with Crippen LogP contribution >= 0.6 is 0 Å². The molecule has 3 heteroatoms. The van der Waals surface area contributed by atoms with Gasteiger partial charge in [-0.15, -0.1) is 0 Å². The van der Waals surface area contributed by atoms with Crippen LogP contribution in [0.15, 0.2) is 0 Å². The van der Waals surface area contributed by atoms with Crippen LogP contribution in [0.2, 0.25) is 0 Å². The quantitative estimate of drug-likeness (QED) is 0.487. The highest BCUT2D eigenvalue weighted by Crippen LogP contribution is 2.55. The third-order valence-electron chi connectivity index (χ3n) is 4.58. The molecule has 0 spiro atoms. The van der Waals surface area contributed by atoms with Crippen molar-refractivity contribution in [3.8, 4) is 0 Å². The van der Waals surface area contributed by atoms with Gasteiger partial charge in [0.05, 0.1) is 0 Å². The second-order valence-electron chi connectivity index (χ2n) is 6.14. The van der Waals surface area contributed by atoms with Crippen LogP contribution in [0.25, 0.3) is 0 Å². The minimum absolute atomic E-state index is 0.311. The SMILES string of the molecule is CC(O)NNC12CC3CC(CC(C3)C1)C2. The van der Waals surface area contributed by atoms with Crippen molar-refractivity contribution in [1.82, 2.24) is 10.9 Å². The van der Waals surface area contributed by atoms with Crippen molar-refractivity contribution >= 4 is 0 Å². The van der Waals surface area contributed by atoms with Crippen LogP contribution < -0.4 is 10.9 Å². The van der Waals surface area contributed by atoms with Crippen LogP contribution in [-0.4, -0.2) is 16.9 Å². The fourth-order valence-corrected chi connectivity index (χ4v) is 4.52. The van der Waals surface area contributed by atoms with Gasteiger partial charge in [0.1, 0.15) is 6.23 Å². The highest BCUT2D eigenvalue weighted by molar-refractivity contribution is 5.05. The Morgan fingerprint density at radius 3 is 1.93 bits per heavy atom. The minimum Gasteiger partial charge on any atom is -0.378 e. The molecule has 1 unspecified atom stereocenters. The summed E-state index contributed by atoms with van der Waals surface area (Å²) in [6, 6.07) is 0. The van der Waals surface area contributed by atoms with E-state index in [1.54, 1.807) is 6.92 Å². The normalized spacial score (nSPS) is 49.6. The van der Waals surface area contributed by atoms with E-state index in [1.165, 1.54) is 38.5 Å². The lowest BCUT2D eigenvalue weighted by molar-refractivity contribution is -0.0374. The first kappa shape index (κ1) is 10.1. The van der Waals surface area contributed by atoms with Crippen molar-refractivity contribution < 1.29 is 5.11 Å². The Hall–Kier alpha value is -0.120. The van der Waals surface area contributed by atoms with E-state index in [-0.39, 0.29) is 0 Å². The Morgan fingerprint density at radius 2 is 1.53 bits per heavy atom. The molecule has 4 bridgehead atoms. The Kier molecular flexibility index (Phi) is 2.31. The zero-order valence-corrected chi connectivity index (χ0v) is 9.50. The standard InChI is InChI=1S/C12H22N2O/c1-8(15)13-14-12-5-9-2-10(6-12)4-11(3-9)7-12/h8-11,13-15H,2-7H2,1H3. The second-order valence-corrected chi connectivity index (χ2v) is 6.14. The number of aliphatic hydroxyl groups is 1. The van der Waals surface area contributed by atoms with Gasteiger partial charge in [0, 0.05) is 5.54 Å². The van der Waals surface area contributed by atoms with Crippen LogP contribution in [0.4, 0.5) is 0 Å². The van der Waals surface area contributed by atoms with Crippen LogP contribution in [0.1, 0.15) is 45.4 Å². The summed E-state index contributed by atoms with van der Waals surface area (Å²) in [5.41, 5.74) is 6.75. The molecule has 4 saturated carbocycles. The predicted molar refractivity (Wildman–Crippen MR) is 58.9 cm³/mol. The average Bonchev–Trinajstić information content (AvgIpc) is 2.12. The third kappa shape index (κ3) is 1.81. The molecule has 0 radical (unpaired) electrons. The summed E-state index contributed by atoms with van der Waals surface area (Å²) in [6.07, 6.45) is 7.91. The molecule has 0 amide bonds. The van der Waals surface area contributed by atoms with Crippen LogP contribution in [0.3, 0.4) is 0 Å². The van der Waals surface area contributed by atoms with E-state index in [2.05, 4.69) is 10.9 Å². The molecule has 3 N–H and O–H groups in total. The second kappa shape index (κ2) is 3.44. The molecule has 0 aromatic carbocycles. The van der Waals surface area contributed by atoms with E-state index in [9.17, 15) is 5.11 Å². The number of rotatable bonds is 3. The number of aliphatic hydroxyl groups excluding tert-OH is 1. The zero-order chi connectivity index (χ0) is 10.5. The van der Waals surface area contributed by atoms with Crippen molar-refractivity contribution in [2.24, 2.45) is 17.8 Å². The van der Waals surface area contributed by atoms with Gasteiger partial charge in [0.25, 0.3) is 0 Å². The summed E-state index contributed by atoms with van der Waals surface area (Å²) in [6.45, 7) is 1.77. The van der Waals surface area contributed by atoms with E-state index < -0.39 is 6.23 Å². The fourth-order valence-electron chi connectivity index (χ4n) is 4.52. The molecular formula is C12H22N2O. The van der Waals surface area contributed by atoms with Gasteiger partial charge in [-0.05, 0) is 63.2 Å². The lowest BCUT2D eigenvalue weighted by atomic mass is 9.53. The molecule has 0 aromatic heterocycles. The Bertz CT molecular complexity index is 217. The Balaban J connectivity index is 1.70. The average molecular weight is 210 g/mol. The molecule has 0 aromatic rings. The first-order valence-corrected chi connectivity index (χ1v) is 6.36. The molecular weight excluding hydrogens is 188 g/mol. The van der Waals surface area contributed by atoms with Crippen LogP contribution in [0.5, 0.6) is 0 Å². The number of nitrogens with one attached hydrogen (secondary N) is 2. The van der Waals surface area contributed by atoms with Gasteiger partial charge >= 0.3 is 0 Å². The summed E-state index contributed by atoms with van der Waals surface area (Å²) in [5.74, 6) is 2.87. The number of hydrogen-bond acceptors (Lipinski definition) is 3. The number of hydrogen-bond donors (Lipinski definition) is 3. The summed E-state index contributed by atoms with van der Waals surface area (Å²) in [4.78, 5) is 0. The van der Waals surface area contributed by atoms with Gasteiger partial charge in [-0.25, -0.2) is 10.9 Å². The monoisotopic (exact) mass is 210 g/mol. The van der Waals surface area contributed by atoms with E-state index >= 15 is 0 Å². The molecule has 86 valence electrons. The summed E-state index contributed by atoms with van der Waals surface area (Å²) >= 11 is 0. The van der Waals surface area contributed by atoms with Crippen molar-refractivity contribution in [2.75, 3.05) is 0 Å². The Labute approximate surface area is 91.6 Å². The van der Waals surface area contributed by atoms with Gasteiger partial charge in [-0.3, -0.25) is 0 Å². The molecule has 4 aliphatic rings. The fraction of sp³-hybridized carbons (Fsp3) is 1.00.